The number of benzene rings is 1. The van der Waals surface area contributed by atoms with Crippen LogP contribution in [-0.2, 0) is 11.2 Å². The molecule has 0 saturated carbocycles. The second-order valence-electron chi connectivity index (χ2n) is 4.93. The number of carbonyl (C=O) groups is 1. The molecule has 1 aliphatic rings. The van der Waals surface area contributed by atoms with Crippen LogP contribution in [0.2, 0.25) is 0 Å². The summed E-state index contributed by atoms with van der Waals surface area (Å²) in [6, 6.07) is 8.75. The standard InChI is InChI=1S/C16H19NO/c1-3-6-16(18)17-14-10-9-12(2)15-8-5-4-7-13(15)11-14/h4-5,7-8,12,14H,9-11H2,1-2H3,(H,17,18). The van der Waals surface area contributed by atoms with Crippen LogP contribution in [0.1, 0.15) is 43.7 Å². The molecule has 0 aliphatic heterocycles. The van der Waals surface area contributed by atoms with Crippen LogP contribution in [0.25, 0.3) is 0 Å². The Morgan fingerprint density at radius 3 is 2.89 bits per heavy atom. The van der Waals surface area contributed by atoms with Gasteiger partial charge in [-0.15, -0.1) is 0 Å². The number of carbonyl (C=O) groups excluding carboxylic acids is 1. The van der Waals surface area contributed by atoms with Crippen molar-refractivity contribution in [3.63, 3.8) is 0 Å². The van der Waals surface area contributed by atoms with Crippen molar-refractivity contribution >= 4 is 5.91 Å². The Morgan fingerprint density at radius 1 is 1.33 bits per heavy atom. The molecule has 2 heteroatoms. The molecule has 0 radical (unpaired) electrons. The first kappa shape index (κ1) is 12.7. The highest BCUT2D eigenvalue weighted by Crippen LogP contribution is 2.29. The van der Waals surface area contributed by atoms with Crippen molar-refractivity contribution in [1.29, 1.82) is 0 Å². The van der Waals surface area contributed by atoms with E-state index in [9.17, 15) is 4.79 Å². The van der Waals surface area contributed by atoms with E-state index < -0.39 is 0 Å². The molecule has 1 aliphatic carbocycles. The van der Waals surface area contributed by atoms with Crippen molar-refractivity contribution in [1.82, 2.24) is 5.32 Å². The first-order valence-electron chi connectivity index (χ1n) is 6.51. The molecule has 0 aromatic heterocycles. The van der Waals surface area contributed by atoms with Gasteiger partial charge in [0.15, 0.2) is 0 Å². The Morgan fingerprint density at radius 2 is 2.11 bits per heavy atom. The molecule has 94 valence electrons. The maximum atomic E-state index is 11.5. The average molecular weight is 241 g/mol. The van der Waals surface area contributed by atoms with Crippen molar-refractivity contribution < 1.29 is 4.79 Å². The monoisotopic (exact) mass is 241 g/mol. The van der Waals surface area contributed by atoms with Crippen LogP contribution < -0.4 is 5.32 Å². The second kappa shape index (κ2) is 5.73. The maximum absolute atomic E-state index is 11.5. The van der Waals surface area contributed by atoms with Crippen molar-refractivity contribution in [2.75, 3.05) is 0 Å². The molecule has 0 bridgehead atoms. The van der Waals surface area contributed by atoms with E-state index in [4.69, 9.17) is 0 Å². The number of fused-ring (bicyclic) bond motifs is 1. The van der Waals surface area contributed by atoms with E-state index in [1.807, 2.05) is 0 Å². The third kappa shape index (κ3) is 2.92. The van der Waals surface area contributed by atoms with Gasteiger partial charge in [0, 0.05) is 6.04 Å². The van der Waals surface area contributed by atoms with Gasteiger partial charge in [-0.3, -0.25) is 4.79 Å². The summed E-state index contributed by atoms with van der Waals surface area (Å²) in [7, 11) is 0. The molecule has 2 rings (SSSR count). The van der Waals surface area contributed by atoms with E-state index >= 15 is 0 Å². The first-order valence-corrected chi connectivity index (χ1v) is 6.51. The normalized spacial score (nSPS) is 22.1. The van der Waals surface area contributed by atoms with Crippen molar-refractivity contribution in [3.8, 4) is 11.8 Å². The van der Waals surface area contributed by atoms with E-state index in [0.29, 0.717) is 5.92 Å². The smallest absolute Gasteiger partial charge is 0.296 e. The van der Waals surface area contributed by atoms with Crippen LogP contribution in [0.4, 0.5) is 0 Å². The van der Waals surface area contributed by atoms with Gasteiger partial charge in [-0.05, 0) is 49.2 Å². The lowest BCUT2D eigenvalue weighted by Crippen LogP contribution is -2.35. The molecule has 1 aromatic rings. The van der Waals surface area contributed by atoms with Crippen LogP contribution >= 0.6 is 0 Å². The Kier molecular flexibility index (Phi) is 4.04. The molecule has 18 heavy (non-hydrogen) atoms. The summed E-state index contributed by atoms with van der Waals surface area (Å²) in [6.45, 7) is 3.94. The fourth-order valence-electron chi connectivity index (χ4n) is 2.63. The highest BCUT2D eigenvalue weighted by atomic mass is 16.1. The Bertz CT molecular complexity index is 495. The van der Waals surface area contributed by atoms with Gasteiger partial charge in [0.2, 0.25) is 0 Å². The minimum atomic E-state index is -0.158. The van der Waals surface area contributed by atoms with Gasteiger partial charge < -0.3 is 5.32 Å². The summed E-state index contributed by atoms with van der Waals surface area (Å²) in [5.74, 6) is 5.60. The van der Waals surface area contributed by atoms with Gasteiger partial charge in [-0.2, -0.15) is 0 Å². The lowest BCUT2D eigenvalue weighted by atomic mass is 9.95. The summed E-state index contributed by atoms with van der Waals surface area (Å²) in [4.78, 5) is 11.5. The average Bonchev–Trinajstić information content (AvgIpc) is 2.50. The predicted octanol–water partition coefficient (Wildman–Crippen LogP) is 2.63. The summed E-state index contributed by atoms with van der Waals surface area (Å²) in [5.41, 5.74) is 2.79. The Balaban J connectivity index is 2.14. The largest absolute Gasteiger partial charge is 0.342 e. The molecular weight excluding hydrogens is 222 g/mol. The molecular formula is C16H19NO. The fourth-order valence-corrected chi connectivity index (χ4v) is 2.63. The number of amides is 1. The Hall–Kier alpha value is -1.75. The molecule has 0 fully saturated rings. The van der Waals surface area contributed by atoms with E-state index in [1.54, 1.807) is 6.92 Å². The van der Waals surface area contributed by atoms with Crippen molar-refractivity contribution in [2.24, 2.45) is 0 Å². The molecule has 0 spiro atoms. The van der Waals surface area contributed by atoms with Crippen LogP contribution in [0, 0.1) is 11.8 Å². The third-order valence-electron chi connectivity index (χ3n) is 3.57. The van der Waals surface area contributed by atoms with Crippen LogP contribution in [-0.4, -0.2) is 11.9 Å². The van der Waals surface area contributed by atoms with E-state index in [-0.39, 0.29) is 11.9 Å². The number of rotatable bonds is 1. The Labute approximate surface area is 109 Å². The summed E-state index contributed by atoms with van der Waals surface area (Å²) >= 11 is 0. The zero-order valence-corrected chi connectivity index (χ0v) is 11.0. The summed E-state index contributed by atoms with van der Waals surface area (Å²) in [5, 5.41) is 3.01. The van der Waals surface area contributed by atoms with E-state index in [1.165, 1.54) is 11.1 Å². The first-order chi connectivity index (χ1) is 8.70. The minimum Gasteiger partial charge on any atom is -0.342 e. The number of hydrogen-bond acceptors (Lipinski definition) is 1. The topological polar surface area (TPSA) is 29.1 Å². The van der Waals surface area contributed by atoms with Crippen molar-refractivity contribution in [2.45, 2.75) is 45.1 Å². The molecule has 0 heterocycles. The lowest BCUT2D eigenvalue weighted by Gasteiger charge is -2.14. The van der Waals surface area contributed by atoms with Gasteiger partial charge in [-0.1, -0.05) is 37.1 Å². The minimum absolute atomic E-state index is 0.158. The highest BCUT2D eigenvalue weighted by Gasteiger charge is 2.21. The predicted molar refractivity (Wildman–Crippen MR) is 73.2 cm³/mol. The van der Waals surface area contributed by atoms with Gasteiger partial charge in [0.25, 0.3) is 5.91 Å². The van der Waals surface area contributed by atoms with E-state index in [0.717, 1.165) is 19.3 Å². The quantitative estimate of drug-likeness (QED) is 0.594. The van der Waals surface area contributed by atoms with E-state index in [2.05, 4.69) is 48.3 Å². The summed E-state index contributed by atoms with van der Waals surface area (Å²) < 4.78 is 0. The molecule has 2 atom stereocenters. The van der Waals surface area contributed by atoms with Crippen LogP contribution in [0.3, 0.4) is 0 Å². The number of hydrogen-bond donors (Lipinski definition) is 1. The molecule has 0 saturated heterocycles. The molecule has 2 unspecified atom stereocenters. The highest BCUT2D eigenvalue weighted by molar-refractivity contribution is 5.93. The molecule has 1 amide bonds. The van der Waals surface area contributed by atoms with Gasteiger partial charge in [-0.25, -0.2) is 0 Å². The SMILES string of the molecule is CC#CC(=O)NC1CCC(C)c2ccccc2C1. The lowest BCUT2D eigenvalue weighted by molar-refractivity contribution is -0.116. The fraction of sp³-hybridized carbons (Fsp3) is 0.438. The molecule has 1 aromatic carbocycles. The van der Waals surface area contributed by atoms with Gasteiger partial charge >= 0.3 is 0 Å². The zero-order valence-electron chi connectivity index (χ0n) is 11.0. The third-order valence-corrected chi connectivity index (χ3v) is 3.57. The molecule has 2 nitrogen and oxygen atoms in total. The van der Waals surface area contributed by atoms with Gasteiger partial charge in [0.05, 0.1) is 0 Å². The zero-order chi connectivity index (χ0) is 13.0. The summed E-state index contributed by atoms with van der Waals surface area (Å²) in [6.07, 6.45) is 3.05. The number of nitrogens with one attached hydrogen (secondary N) is 1. The maximum Gasteiger partial charge on any atom is 0.296 e. The molecule has 1 N–H and O–H groups in total. The van der Waals surface area contributed by atoms with Crippen molar-refractivity contribution in [3.05, 3.63) is 35.4 Å². The van der Waals surface area contributed by atoms with Gasteiger partial charge in [0.1, 0.15) is 0 Å². The van der Waals surface area contributed by atoms with Crippen LogP contribution in [0.5, 0.6) is 0 Å². The second-order valence-corrected chi connectivity index (χ2v) is 4.93. The van der Waals surface area contributed by atoms with Crippen LogP contribution in [0.15, 0.2) is 24.3 Å².